The molecule has 0 saturated heterocycles. The molecular weight excluding hydrogens is 354 g/mol. The van der Waals surface area contributed by atoms with Gasteiger partial charge in [0.05, 0.1) is 17.1 Å². The van der Waals surface area contributed by atoms with Gasteiger partial charge in [-0.1, -0.05) is 13.0 Å². The molecule has 1 heterocycles. The molecule has 112 valence electrons. The normalized spacial score (nSPS) is 11.8. The van der Waals surface area contributed by atoms with Gasteiger partial charge in [0.2, 0.25) is 10.0 Å². The largest absolute Gasteiger partial charge is 0.398 e. The SMILES string of the molecule is CCN(Cc1ccccn1)S(=O)(=O)c1ccc(Br)c(N)c1. The minimum atomic E-state index is -3.60. The highest BCUT2D eigenvalue weighted by molar-refractivity contribution is 9.10. The number of hydrogen-bond donors (Lipinski definition) is 1. The summed E-state index contributed by atoms with van der Waals surface area (Å²) in [5.74, 6) is 0. The highest BCUT2D eigenvalue weighted by atomic mass is 79.9. The van der Waals surface area contributed by atoms with E-state index in [0.717, 1.165) is 0 Å². The van der Waals surface area contributed by atoms with Gasteiger partial charge >= 0.3 is 0 Å². The molecule has 0 spiro atoms. The van der Waals surface area contributed by atoms with Crippen LogP contribution in [0.25, 0.3) is 0 Å². The Kier molecular flexibility index (Phi) is 4.97. The van der Waals surface area contributed by atoms with E-state index in [1.54, 1.807) is 31.3 Å². The molecule has 0 bridgehead atoms. The number of benzene rings is 1. The quantitative estimate of drug-likeness (QED) is 0.821. The zero-order chi connectivity index (χ0) is 15.5. The molecule has 0 fully saturated rings. The molecule has 7 heteroatoms. The first-order chi connectivity index (χ1) is 9.95. The fourth-order valence-corrected chi connectivity index (χ4v) is 3.57. The van der Waals surface area contributed by atoms with Gasteiger partial charge in [-0.25, -0.2) is 8.42 Å². The number of nitrogens with two attached hydrogens (primary N) is 1. The second-order valence-electron chi connectivity index (χ2n) is 4.44. The number of sulfonamides is 1. The molecule has 0 saturated carbocycles. The Morgan fingerprint density at radius 1 is 1.29 bits per heavy atom. The number of aromatic nitrogens is 1. The molecule has 2 rings (SSSR count). The van der Waals surface area contributed by atoms with E-state index in [1.165, 1.54) is 16.4 Å². The molecule has 0 aliphatic rings. The van der Waals surface area contributed by atoms with E-state index in [0.29, 0.717) is 22.4 Å². The highest BCUT2D eigenvalue weighted by Crippen LogP contribution is 2.25. The molecule has 1 aromatic heterocycles. The van der Waals surface area contributed by atoms with Crippen molar-refractivity contribution in [3.63, 3.8) is 0 Å². The third kappa shape index (κ3) is 3.61. The zero-order valence-corrected chi connectivity index (χ0v) is 13.9. The van der Waals surface area contributed by atoms with Crippen molar-refractivity contribution in [1.82, 2.24) is 9.29 Å². The fraction of sp³-hybridized carbons (Fsp3) is 0.214. The van der Waals surface area contributed by atoms with Crippen LogP contribution in [0.4, 0.5) is 5.69 Å². The Balaban J connectivity index is 2.33. The van der Waals surface area contributed by atoms with Crippen LogP contribution in [-0.4, -0.2) is 24.3 Å². The van der Waals surface area contributed by atoms with E-state index >= 15 is 0 Å². The van der Waals surface area contributed by atoms with Crippen LogP contribution >= 0.6 is 15.9 Å². The Morgan fingerprint density at radius 2 is 2.05 bits per heavy atom. The molecule has 0 aliphatic carbocycles. The van der Waals surface area contributed by atoms with Crippen molar-refractivity contribution in [3.8, 4) is 0 Å². The molecule has 1 aromatic carbocycles. The van der Waals surface area contributed by atoms with E-state index in [-0.39, 0.29) is 11.4 Å². The van der Waals surface area contributed by atoms with Gasteiger partial charge in [0, 0.05) is 22.9 Å². The maximum Gasteiger partial charge on any atom is 0.243 e. The van der Waals surface area contributed by atoms with Crippen molar-refractivity contribution in [1.29, 1.82) is 0 Å². The molecule has 5 nitrogen and oxygen atoms in total. The van der Waals surface area contributed by atoms with Crippen molar-refractivity contribution in [2.24, 2.45) is 0 Å². The summed E-state index contributed by atoms with van der Waals surface area (Å²) in [6.45, 7) is 2.38. The van der Waals surface area contributed by atoms with Crippen molar-refractivity contribution >= 4 is 31.6 Å². The van der Waals surface area contributed by atoms with Gasteiger partial charge in [0.25, 0.3) is 0 Å². The molecule has 2 aromatic rings. The van der Waals surface area contributed by atoms with Crippen molar-refractivity contribution < 1.29 is 8.42 Å². The molecular formula is C14H16BrN3O2S. The number of anilines is 1. The van der Waals surface area contributed by atoms with Crippen LogP contribution in [0, 0.1) is 0 Å². The minimum Gasteiger partial charge on any atom is -0.398 e. The van der Waals surface area contributed by atoms with Crippen LogP contribution in [0.1, 0.15) is 12.6 Å². The Morgan fingerprint density at radius 3 is 2.62 bits per heavy atom. The zero-order valence-electron chi connectivity index (χ0n) is 11.5. The summed E-state index contributed by atoms with van der Waals surface area (Å²) in [6.07, 6.45) is 1.65. The van der Waals surface area contributed by atoms with Crippen LogP contribution in [0.15, 0.2) is 52.0 Å². The highest BCUT2D eigenvalue weighted by Gasteiger charge is 2.24. The van der Waals surface area contributed by atoms with Gasteiger partial charge in [-0.3, -0.25) is 4.98 Å². The van der Waals surface area contributed by atoms with Crippen LogP contribution in [0.2, 0.25) is 0 Å². The average Bonchev–Trinajstić information content (AvgIpc) is 2.48. The predicted molar refractivity (Wildman–Crippen MR) is 86.1 cm³/mol. The third-order valence-electron chi connectivity index (χ3n) is 3.02. The minimum absolute atomic E-state index is 0.181. The van der Waals surface area contributed by atoms with Gasteiger partial charge in [-0.15, -0.1) is 0 Å². The summed E-state index contributed by atoms with van der Waals surface area (Å²) in [4.78, 5) is 4.35. The first kappa shape index (κ1) is 15.9. The lowest BCUT2D eigenvalue weighted by atomic mass is 10.3. The van der Waals surface area contributed by atoms with Gasteiger partial charge in [0.15, 0.2) is 0 Å². The van der Waals surface area contributed by atoms with E-state index < -0.39 is 10.0 Å². The monoisotopic (exact) mass is 369 g/mol. The smallest absolute Gasteiger partial charge is 0.243 e. The number of hydrogen-bond acceptors (Lipinski definition) is 4. The first-order valence-corrected chi connectivity index (χ1v) is 8.63. The summed E-state index contributed by atoms with van der Waals surface area (Å²) < 4.78 is 27.4. The van der Waals surface area contributed by atoms with Crippen LogP contribution in [0.3, 0.4) is 0 Å². The van der Waals surface area contributed by atoms with Crippen LogP contribution < -0.4 is 5.73 Å². The first-order valence-electron chi connectivity index (χ1n) is 6.40. The standard InChI is InChI=1S/C14H16BrN3O2S/c1-2-18(10-11-5-3-4-8-17-11)21(19,20)12-6-7-13(15)14(16)9-12/h3-9H,2,10,16H2,1H3. The molecule has 21 heavy (non-hydrogen) atoms. The summed E-state index contributed by atoms with van der Waals surface area (Å²) in [6, 6.07) is 10.1. The summed E-state index contributed by atoms with van der Waals surface area (Å²) in [5, 5.41) is 0. The Labute approximate surface area is 133 Å². The topological polar surface area (TPSA) is 76.3 Å². The summed E-state index contributed by atoms with van der Waals surface area (Å²) in [5.41, 5.74) is 6.86. The van der Waals surface area contributed by atoms with Crippen LogP contribution in [0.5, 0.6) is 0 Å². The average molecular weight is 370 g/mol. The van der Waals surface area contributed by atoms with Crippen LogP contribution in [-0.2, 0) is 16.6 Å². The lowest BCUT2D eigenvalue weighted by molar-refractivity contribution is 0.419. The number of pyridine rings is 1. The van der Waals surface area contributed by atoms with Gasteiger partial charge in [-0.2, -0.15) is 4.31 Å². The number of nitrogen functional groups attached to an aromatic ring is 1. The Hall–Kier alpha value is -1.44. The molecule has 0 atom stereocenters. The number of halogens is 1. The lowest BCUT2D eigenvalue weighted by Crippen LogP contribution is -2.30. The lowest BCUT2D eigenvalue weighted by Gasteiger charge is -2.20. The van der Waals surface area contributed by atoms with E-state index in [9.17, 15) is 8.42 Å². The molecule has 0 unspecified atom stereocenters. The van der Waals surface area contributed by atoms with Gasteiger partial charge in [-0.05, 0) is 46.3 Å². The third-order valence-corrected chi connectivity index (χ3v) is 5.66. The van der Waals surface area contributed by atoms with Crippen molar-refractivity contribution in [3.05, 3.63) is 52.8 Å². The van der Waals surface area contributed by atoms with E-state index in [4.69, 9.17) is 5.73 Å². The maximum atomic E-state index is 12.7. The maximum absolute atomic E-state index is 12.7. The summed E-state index contributed by atoms with van der Waals surface area (Å²) >= 11 is 3.26. The second kappa shape index (κ2) is 6.55. The number of nitrogens with zero attached hydrogens (tertiary/aromatic N) is 2. The predicted octanol–water partition coefficient (Wildman–Crippen LogP) is 2.64. The number of rotatable bonds is 5. The molecule has 0 radical (unpaired) electrons. The van der Waals surface area contributed by atoms with Gasteiger partial charge in [0.1, 0.15) is 0 Å². The van der Waals surface area contributed by atoms with E-state index in [1.807, 2.05) is 6.07 Å². The van der Waals surface area contributed by atoms with Crippen molar-refractivity contribution in [2.75, 3.05) is 12.3 Å². The molecule has 0 aliphatic heterocycles. The van der Waals surface area contributed by atoms with Gasteiger partial charge < -0.3 is 5.73 Å². The van der Waals surface area contributed by atoms with Crippen molar-refractivity contribution in [2.45, 2.75) is 18.4 Å². The second-order valence-corrected chi connectivity index (χ2v) is 7.23. The Bertz CT molecular complexity index is 720. The molecule has 0 amide bonds. The fourth-order valence-electron chi connectivity index (χ4n) is 1.87. The molecule has 2 N–H and O–H groups in total. The van der Waals surface area contributed by atoms with E-state index in [2.05, 4.69) is 20.9 Å². The summed E-state index contributed by atoms with van der Waals surface area (Å²) in [7, 11) is -3.60.